The Morgan fingerprint density at radius 1 is 1.03 bits per heavy atom. The third kappa shape index (κ3) is 5.25. The van der Waals surface area contributed by atoms with E-state index in [0.29, 0.717) is 46.8 Å². The average molecular weight is 490 g/mol. The molecule has 9 nitrogen and oxygen atoms in total. The van der Waals surface area contributed by atoms with Gasteiger partial charge in [0.15, 0.2) is 34.7 Å². The Hall–Kier alpha value is -4.53. The highest BCUT2D eigenvalue weighted by molar-refractivity contribution is 6.32. The van der Waals surface area contributed by atoms with Crippen LogP contribution in [0.3, 0.4) is 0 Å². The van der Waals surface area contributed by atoms with Crippen LogP contribution < -0.4 is 18.9 Å². The van der Waals surface area contributed by atoms with Crippen LogP contribution in [-0.4, -0.2) is 50.1 Å². The van der Waals surface area contributed by atoms with E-state index < -0.39 is 5.91 Å². The Morgan fingerprint density at radius 2 is 1.69 bits per heavy atom. The number of methoxy groups -OCH3 is 2. The van der Waals surface area contributed by atoms with Gasteiger partial charge in [-0.3, -0.25) is 10.2 Å². The standard InChI is InChI=1S/C27H27N3O6/c1-5-6-18-7-9-21(23(15-18)32-3)34-11-12-35-22-10-8-19(16-24(22)33-4)14-20-26(28)30-25(29-27(20)31)13-17(2)36-30/h5,7-10,13-16,28H,1,6,11-12H2,2-4H3/b20-14-,28-26?. The molecule has 0 aliphatic carbocycles. The lowest BCUT2D eigenvalue weighted by atomic mass is 10.1. The number of hydrogen-bond acceptors (Lipinski definition) is 7. The second-order valence-corrected chi connectivity index (χ2v) is 7.91. The number of hydroxylamine groups is 2. The van der Waals surface area contributed by atoms with Gasteiger partial charge in [0.1, 0.15) is 19.0 Å². The van der Waals surface area contributed by atoms with Crippen molar-refractivity contribution in [3.63, 3.8) is 0 Å². The predicted molar refractivity (Wildman–Crippen MR) is 136 cm³/mol. The number of carbonyl (C=O) groups is 1. The molecule has 0 fully saturated rings. The average Bonchev–Trinajstić information content (AvgIpc) is 3.25. The van der Waals surface area contributed by atoms with Crippen molar-refractivity contribution >= 4 is 23.7 Å². The van der Waals surface area contributed by atoms with E-state index in [9.17, 15) is 4.79 Å². The van der Waals surface area contributed by atoms with Crippen molar-refractivity contribution in [3.05, 3.63) is 77.6 Å². The molecule has 2 heterocycles. The molecule has 2 aromatic rings. The van der Waals surface area contributed by atoms with E-state index in [2.05, 4.69) is 11.6 Å². The SMILES string of the molecule is C=CCc1ccc(OCCOc2ccc(/C=C3/C(=N)N4OC(C)=CC4=NC3=O)cc2OC)c(OC)c1. The maximum atomic E-state index is 12.5. The Labute approximate surface area is 209 Å². The first-order valence-corrected chi connectivity index (χ1v) is 11.2. The van der Waals surface area contributed by atoms with E-state index in [1.165, 1.54) is 12.2 Å². The number of fused-ring (bicyclic) bond motifs is 1. The van der Waals surface area contributed by atoms with Gasteiger partial charge in [-0.15, -0.1) is 11.6 Å². The summed E-state index contributed by atoms with van der Waals surface area (Å²) in [7, 11) is 3.13. The topological polar surface area (TPSA) is 103 Å². The number of aliphatic imine (C=N–C) groups is 1. The lowest BCUT2D eigenvalue weighted by Crippen LogP contribution is -2.38. The van der Waals surface area contributed by atoms with Gasteiger partial charge in [-0.1, -0.05) is 18.2 Å². The highest BCUT2D eigenvalue weighted by Crippen LogP contribution is 2.31. The fraction of sp³-hybridized carbons (Fsp3) is 0.222. The van der Waals surface area contributed by atoms with E-state index in [4.69, 9.17) is 29.2 Å². The number of amides is 1. The van der Waals surface area contributed by atoms with Gasteiger partial charge in [0.25, 0.3) is 5.91 Å². The monoisotopic (exact) mass is 489 g/mol. The zero-order valence-electron chi connectivity index (χ0n) is 20.4. The Bertz CT molecular complexity index is 1290. The summed E-state index contributed by atoms with van der Waals surface area (Å²) < 4.78 is 22.6. The van der Waals surface area contributed by atoms with Crippen LogP contribution in [0, 0.1) is 5.41 Å². The molecular formula is C27H27N3O6. The number of nitrogens with zero attached hydrogens (tertiary/aromatic N) is 2. The molecular weight excluding hydrogens is 462 g/mol. The van der Waals surface area contributed by atoms with Gasteiger partial charge in [-0.05, 0) is 54.8 Å². The molecule has 1 N–H and O–H groups in total. The van der Waals surface area contributed by atoms with Crippen LogP contribution in [0.15, 0.2) is 71.5 Å². The van der Waals surface area contributed by atoms with Crippen molar-refractivity contribution in [1.82, 2.24) is 5.06 Å². The lowest BCUT2D eigenvalue weighted by Gasteiger charge is -2.23. The molecule has 0 bridgehead atoms. The van der Waals surface area contributed by atoms with Gasteiger partial charge in [-0.25, -0.2) is 0 Å². The van der Waals surface area contributed by atoms with Crippen LogP contribution in [0.5, 0.6) is 23.0 Å². The number of hydrogen-bond donors (Lipinski definition) is 1. The third-order valence-electron chi connectivity index (χ3n) is 5.39. The molecule has 0 saturated heterocycles. The fourth-order valence-electron chi connectivity index (χ4n) is 3.69. The molecule has 0 spiro atoms. The molecule has 4 rings (SSSR count). The molecule has 2 aliphatic heterocycles. The number of nitrogens with one attached hydrogen (secondary N) is 1. The Morgan fingerprint density at radius 3 is 2.36 bits per heavy atom. The van der Waals surface area contributed by atoms with Crippen molar-refractivity contribution in [2.75, 3.05) is 27.4 Å². The minimum Gasteiger partial charge on any atom is -0.493 e. The van der Waals surface area contributed by atoms with Gasteiger partial charge >= 0.3 is 0 Å². The second-order valence-electron chi connectivity index (χ2n) is 7.91. The predicted octanol–water partition coefficient (Wildman–Crippen LogP) is 4.34. The first-order chi connectivity index (χ1) is 17.4. The quantitative estimate of drug-likeness (QED) is 0.301. The molecule has 186 valence electrons. The summed E-state index contributed by atoms with van der Waals surface area (Å²) >= 11 is 0. The molecule has 0 atom stereocenters. The number of amidine groups is 2. The van der Waals surface area contributed by atoms with Crippen LogP contribution in [0.4, 0.5) is 0 Å². The molecule has 2 aliphatic rings. The molecule has 2 aromatic carbocycles. The Balaban J connectivity index is 1.40. The highest BCUT2D eigenvalue weighted by Gasteiger charge is 2.34. The number of allylic oxidation sites excluding steroid dienone is 2. The van der Waals surface area contributed by atoms with E-state index in [1.807, 2.05) is 24.3 Å². The van der Waals surface area contributed by atoms with Crippen molar-refractivity contribution in [2.24, 2.45) is 4.99 Å². The summed E-state index contributed by atoms with van der Waals surface area (Å²) in [4.78, 5) is 21.9. The van der Waals surface area contributed by atoms with Gasteiger partial charge in [0.05, 0.1) is 19.8 Å². The summed E-state index contributed by atoms with van der Waals surface area (Å²) in [6, 6.07) is 11.0. The minimum absolute atomic E-state index is 0.0810. The van der Waals surface area contributed by atoms with Crippen LogP contribution in [0.2, 0.25) is 0 Å². The minimum atomic E-state index is -0.509. The van der Waals surface area contributed by atoms with E-state index in [-0.39, 0.29) is 18.0 Å². The summed E-state index contributed by atoms with van der Waals surface area (Å²) in [6.07, 6.45) is 5.76. The first-order valence-electron chi connectivity index (χ1n) is 11.2. The summed E-state index contributed by atoms with van der Waals surface area (Å²) in [5.74, 6) is 2.54. The van der Waals surface area contributed by atoms with Crippen LogP contribution >= 0.6 is 0 Å². The van der Waals surface area contributed by atoms with Crippen molar-refractivity contribution < 1.29 is 28.6 Å². The molecule has 0 radical (unpaired) electrons. The number of benzene rings is 2. The normalized spacial score (nSPS) is 15.6. The molecule has 36 heavy (non-hydrogen) atoms. The van der Waals surface area contributed by atoms with Crippen molar-refractivity contribution in [3.8, 4) is 23.0 Å². The zero-order valence-corrected chi connectivity index (χ0v) is 20.4. The molecule has 1 amide bonds. The van der Waals surface area contributed by atoms with Crippen molar-refractivity contribution in [1.29, 1.82) is 5.41 Å². The first kappa shape index (κ1) is 24.6. The fourth-order valence-corrected chi connectivity index (χ4v) is 3.69. The third-order valence-corrected chi connectivity index (χ3v) is 5.39. The van der Waals surface area contributed by atoms with Gasteiger partial charge in [-0.2, -0.15) is 4.99 Å². The van der Waals surface area contributed by atoms with Crippen LogP contribution in [-0.2, 0) is 16.1 Å². The molecule has 9 heteroatoms. The van der Waals surface area contributed by atoms with E-state index in [0.717, 1.165) is 12.0 Å². The summed E-state index contributed by atoms with van der Waals surface area (Å²) in [5, 5.41) is 9.56. The van der Waals surface area contributed by atoms with Crippen LogP contribution in [0.1, 0.15) is 18.1 Å². The summed E-state index contributed by atoms with van der Waals surface area (Å²) in [6.45, 7) is 6.05. The van der Waals surface area contributed by atoms with Crippen LogP contribution in [0.25, 0.3) is 6.08 Å². The summed E-state index contributed by atoms with van der Waals surface area (Å²) in [5.41, 5.74) is 1.84. The van der Waals surface area contributed by atoms with Gasteiger partial charge in [0.2, 0.25) is 0 Å². The lowest BCUT2D eigenvalue weighted by molar-refractivity contribution is -0.114. The number of ether oxygens (including phenoxy) is 4. The largest absolute Gasteiger partial charge is 0.493 e. The van der Waals surface area contributed by atoms with E-state index >= 15 is 0 Å². The maximum Gasteiger partial charge on any atom is 0.282 e. The number of rotatable bonds is 10. The van der Waals surface area contributed by atoms with E-state index in [1.54, 1.807) is 44.4 Å². The van der Waals surface area contributed by atoms with Crippen molar-refractivity contribution in [2.45, 2.75) is 13.3 Å². The maximum absolute atomic E-state index is 12.5. The molecule has 0 aromatic heterocycles. The highest BCUT2D eigenvalue weighted by atomic mass is 16.7. The number of carbonyl (C=O) groups excluding carboxylic acids is 1. The van der Waals surface area contributed by atoms with Gasteiger partial charge < -0.3 is 23.8 Å². The molecule has 0 unspecified atom stereocenters. The van der Waals surface area contributed by atoms with Gasteiger partial charge in [0, 0.05) is 6.08 Å². The Kier molecular flexibility index (Phi) is 7.39. The smallest absolute Gasteiger partial charge is 0.282 e. The molecule has 0 saturated carbocycles. The second kappa shape index (κ2) is 10.8. The zero-order chi connectivity index (χ0) is 25.7.